The molecular weight excluding hydrogens is 320 g/mol. The normalized spacial score (nSPS) is 22.4. The van der Waals surface area contributed by atoms with Crippen LogP contribution in [0.3, 0.4) is 0 Å². The number of halogens is 1. The van der Waals surface area contributed by atoms with Crippen molar-refractivity contribution in [1.82, 2.24) is 0 Å². The number of hydrogen-bond donors (Lipinski definition) is 2. The van der Waals surface area contributed by atoms with Gasteiger partial charge >= 0.3 is 5.97 Å². The van der Waals surface area contributed by atoms with Gasteiger partial charge in [0.25, 0.3) is 0 Å². The summed E-state index contributed by atoms with van der Waals surface area (Å²) in [4.78, 5) is 11.7. The van der Waals surface area contributed by atoms with Crippen LogP contribution >= 0.6 is 15.9 Å². The van der Waals surface area contributed by atoms with Crippen LogP contribution in [0.4, 0.5) is 5.69 Å². The number of ether oxygens (including phenoxy) is 1. The summed E-state index contributed by atoms with van der Waals surface area (Å²) in [6, 6.07) is 6.32. The van der Waals surface area contributed by atoms with E-state index in [2.05, 4.69) is 21.2 Å². The first-order chi connectivity index (χ1) is 9.60. The van der Waals surface area contributed by atoms with E-state index in [1.165, 1.54) is 0 Å². The lowest BCUT2D eigenvalue weighted by atomic mass is 9.91. The van der Waals surface area contributed by atoms with E-state index in [1.54, 1.807) is 19.1 Å². The van der Waals surface area contributed by atoms with Crippen molar-refractivity contribution in [3.05, 3.63) is 28.2 Å². The Hall–Kier alpha value is -1.07. The summed E-state index contributed by atoms with van der Waals surface area (Å²) in [5.41, 5.74) is 7.49. The molecule has 20 heavy (non-hydrogen) atoms. The predicted molar refractivity (Wildman–Crippen MR) is 84.0 cm³/mol. The van der Waals surface area contributed by atoms with E-state index in [-0.39, 0.29) is 5.97 Å². The highest BCUT2D eigenvalue weighted by Crippen LogP contribution is 2.28. The summed E-state index contributed by atoms with van der Waals surface area (Å²) in [6.45, 7) is 2.19. The number of rotatable bonds is 4. The van der Waals surface area contributed by atoms with E-state index >= 15 is 0 Å². The topological polar surface area (TPSA) is 64.3 Å². The van der Waals surface area contributed by atoms with E-state index < -0.39 is 0 Å². The second kappa shape index (κ2) is 7.09. The van der Waals surface area contributed by atoms with Crippen LogP contribution in [0.2, 0.25) is 0 Å². The van der Waals surface area contributed by atoms with Crippen molar-refractivity contribution in [2.75, 3.05) is 11.9 Å². The summed E-state index contributed by atoms with van der Waals surface area (Å²) < 4.78 is 5.88. The van der Waals surface area contributed by atoms with Crippen molar-refractivity contribution < 1.29 is 9.53 Å². The third-order valence-electron chi connectivity index (χ3n) is 3.61. The van der Waals surface area contributed by atoms with E-state index in [4.69, 9.17) is 10.5 Å². The number of nitrogens with two attached hydrogens (primary N) is 1. The first-order valence-corrected chi connectivity index (χ1v) is 7.88. The summed E-state index contributed by atoms with van der Waals surface area (Å²) in [5.74, 6) is -0.289. The van der Waals surface area contributed by atoms with Crippen LogP contribution in [0.15, 0.2) is 22.7 Å². The fourth-order valence-electron chi connectivity index (χ4n) is 2.46. The van der Waals surface area contributed by atoms with Crippen LogP contribution in [0, 0.1) is 0 Å². The molecule has 1 fully saturated rings. The Bertz CT molecular complexity index is 471. The van der Waals surface area contributed by atoms with Crippen LogP contribution < -0.4 is 11.1 Å². The molecule has 1 saturated carbocycles. The molecule has 1 aromatic carbocycles. The van der Waals surface area contributed by atoms with Gasteiger partial charge < -0.3 is 15.8 Å². The summed E-state index contributed by atoms with van der Waals surface area (Å²) in [5, 5.41) is 3.51. The van der Waals surface area contributed by atoms with E-state index in [0.717, 1.165) is 35.8 Å². The molecule has 3 N–H and O–H groups in total. The van der Waals surface area contributed by atoms with Crippen LogP contribution in [0.25, 0.3) is 0 Å². The zero-order valence-electron chi connectivity index (χ0n) is 11.7. The lowest BCUT2D eigenvalue weighted by molar-refractivity contribution is 0.0526. The molecule has 110 valence electrons. The molecule has 0 radical (unpaired) electrons. The van der Waals surface area contributed by atoms with Gasteiger partial charge in [0.05, 0.1) is 12.2 Å². The highest BCUT2D eigenvalue weighted by molar-refractivity contribution is 9.10. The Morgan fingerprint density at radius 2 is 2.10 bits per heavy atom. The monoisotopic (exact) mass is 340 g/mol. The largest absolute Gasteiger partial charge is 0.462 e. The Kier molecular flexibility index (Phi) is 5.43. The van der Waals surface area contributed by atoms with Crippen LogP contribution in [-0.4, -0.2) is 24.7 Å². The average molecular weight is 341 g/mol. The van der Waals surface area contributed by atoms with Crippen LogP contribution in [0.1, 0.15) is 43.0 Å². The van der Waals surface area contributed by atoms with Crippen LogP contribution in [0.5, 0.6) is 0 Å². The van der Waals surface area contributed by atoms with Crippen molar-refractivity contribution in [3.8, 4) is 0 Å². The van der Waals surface area contributed by atoms with Crippen molar-refractivity contribution in [2.45, 2.75) is 44.7 Å². The van der Waals surface area contributed by atoms with Crippen LogP contribution in [-0.2, 0) is 4.74 Å². The Balaban J connectivity index is 2.00. The molecule has 0 saturated heterocycles. The minimum absolute atomic E-state index is 0.289. The summed E-state index contributed by atoms with van der Waals surface area (Å²) in [6.07, 6.45) is 4.31. The fraction of sp³-hybridized carbons (Fsp3) is 0.533. The summed E-state index contributed by atoms with van der Waals surface area (Å²) >= 11 is 3.51. The van der Waals surface area contributed by atoms with Gasteiger partial charge in [-0.1, -0.05) is 0 Å². The summed E-state index contributed by atoms with van der Waals surface area (Å²) in [7, 11) is 0. The molecule has 0 heterocycles. The maximum absolute atomic E-state index is 11.7. The van der Waals surface area contributed by atoms with E-state index in [9.17, 15) is 4.79 Å². The molecule has 0 bridgehead atoms. The van der Waals surface area contributed by atoms with E-state index in [1.807, 2.05) is 6.07 Å². The number of carbonyl (C=O) groups excluding carboxylic acids is 1. The van der Waals surface area contributed by atoms with Crippen molar-refractivity contribution >= 4 is 27.6 Å². The number of hydrogen-bond acceptors (Lipinski definition) is 4. The first kappa shape index (κ1) is 15.3. The van der Waals surface area contributed by atoms with Gasteiger partial charge in [0.2, 0.25) is 0 Å². The quantitative estimate of drug-likeness (QED) is 0.825. The standard InChI is InChI=1S/C15H21BrN2O2/c1-2-20-15(19)10-3-8-14(13(16)9-10)18-12-6-4-11(17)5-7-12/h3,8-9,11-12,18H,2,4-7,17H2,1H3. The van der Waals surface area contributed by atoms with Gasteiger partial charge in [0.1, 0.15) is 0 Å². The third-order valence-corrected chi connectivity index (χ3v) is 4.27. The molecule has 0 unspecified atom stereocenters. The lowest BCUT2D eigenvalue weighted by Crippen LogP contribution is -2.32. The minimum atomic E-state index is -0.289. The Morgan fingerprint density at radius 1 is 1.40 bits per heavy atom. The van der Waals surface area contributed by atoms with E-state index in [0.29, 0.717) is 24.3 Å². The highest BCUT2D eigenvalue weighted by Gasteiger charge is 2.19. The molecule has 4 nitrogen and oxygen atoms in total. The van der Waals surface area contributed by atoms with Crippen molar-refractivity contribution in [1.29, 1.82) is 0 Å². The molecule has 1 aliphatic carbocycles. The smallest absolute Gasteiger partial charge is 0.338 e. The molecule has 0 atom stereocenters. The van der Waals surface area contributed by atoms with Gasteiger partial charge in [-0.2, -0.15) is 0 Å². The second-order valence-electron chi connectivity index (χ2n) is 5.17. The predicted octanol–water partition coefficient (Wildman–Crippen LogP) is 3.31. The molecule has 0 spiro atoms. The Morgan fingerprint density at radius 3 is 2.70 bits per heavy atom. The minimum Gasteiger partial charge on any atom is -0.462 e. The maximum Gasteiger partial charge on any atom is 0.338 e. The number of nitrogens with one attached hydrogen (secondary N) is 1. The fourth-order valence-corrected chi connectivity index (χ4v) is 2.95. The molecule has 1 aromatic rings. The van der Waals surface area contributed by atoms with Gasteiger partial charge in [-0.15, -0.1) is 0 Å². The molecular formula is C15H21BrN2O2. The lowest BCUT2D eigenvalue weighted by Gasteiger charge is -2.28. The third kappa shape index (κ3) is 3.96. The van der Waals surface area contributed by atoms with Crippen molar-refractivity contribution in [3.63, 3.8) is 0 Å². The second-order valence-corrected chi connectivity index (χ2v) is 6.03. The zero-order valence-corrected chi connectivity index (χ0v) is 13.3. The van der Waals surface area contributed by atoms with Gasteiger partial charge in [-0.3, -0.25) is 0 Å². The van der Waals surface area contributed by atoms with Gasteiger partial charge in [-0.05, 0) is 66.7 Å². The van der Waals surface area contributed by atoms with Gasteiger partial charge in [0.15, 0.2) is 0 Å². The van der Waals surface area contributed by atoms with Gasteiger partial charge in [0, 0.05) is 22.2 Å². The molecule has 0 amide bonds. The number of benzene rings is 1. The SMILES string of the molecule is CCOC(=O)c1ccc(NC2CCC(N)CC2)c(Br)c1. The molecule has 0 aromatic heterocycles. The average Bonchev–Trinajstić information content (AvgIpc) is 2.43. The first-order valence-electron chi connectivity index (χ1n) is 7.09. The zero-order chi connectivity index (χ0) is 14.5. The number of carbonyl (C=O) groups is 1. The highest BCUT2D eigenvalue weighted by atomic mass is 79.9. The number of anilines is 1. The molecule has 2 rings (SSSR count). The maximum atomic E-state index is 11.7. The number of esters is 1. The van der Waals surface area contributed by atoms with Crippen molar-refractivity contribution in [2.24, 2.45) is 5.73 Å². The Labute approximate surface area is 128 Å². The molecule has 5 heteroatoms. The van der Waals surface area contributed by atoms with Gasteiger partial charge in [-0.25, -0.2) is 4.79 Å². The molecule has 0 aliphatic heterocycles. The molecule has 1 aliphatic rings.